The van der Waals surface area contributed by atoms with E-state index in [1.165, 1.54) is 0 Å². The Bertz CT molecular complexity index is 497. The summed E-state index contributed by atoms with van der Waals surface area (Å²) in [5.74, 6) is 2.33. The number of benzene rings is 1. The molecule has 2 rings (SSSR count). The maximum Gasteiger partial charge on any atom is 0.126 e. The fourth-order valence-corrected chi connectivity index (χ4v) is 1.96. The number of hydrogen-bond donors (Lipinski definition) is 2. The van der Waals surface area contributed by atoms with Crippen molar-refractivity contribution < 1.29 is 9.47 Å². The number of hydrogen-bond acceptors (Lipinski definition) is 4. The van der Waals surface area contributed by atoms with Gasteiger partial charge in [0.15, 0.2) is 0 Å². The van der Waals surface area contributed by atoms with E-state index in [2.05, 4.69) is 9.97 Å². The predicted octanol–water partition coefficient (Wildman–Crippen LogP) is 1.52. The molecule has 1 aromatic heterocycles. The van der Waals surface area contributed by atoms with Crippen LogP contribution in [-0.2, 0) is 0 Å². The van der Waals surface area contributed by atoms with Crippen molar-refractivity contribution in [2.24, 2.45) is 5.73 Å². The van der Waals surface area contributed by atoms with E-state index in [9.17, 15) is 0 Å². The van der Waals surface area contributed by atoms with Crippen LogP contribution in [-0.4, -0.2) is 30.7 Å². The number of aromatic nitrogens is 2. The zero-order valence-corrected chi connectivity index (χ0v) is 10.5. The Labute approximate surface area is 106 Å². The lowest BCUT2D eigenvalue weighted by Crippen LogP contribution is -2.16. The van der Waals surface area contributed by atoms with Crippen molar-refractivity contribution >= 4 is 0 Å². The van der Waals surface area contributed by atoms with E-state index in [1.807, 2.05) is 18.2 Å². The first-order chi connectivity index (χ1) is 8.80. The van der Waals surface area contributed by atoms with Gasteiger partial charge in [0.2, 0.25) is 0 Å². The molecule has 0 fully saturated rings. The van der Waals surface area contributed by atoms with Crippen molar-refractivity contribution in [3.8, 4) is 11.5 Å². The van der Waals surface area contributed by atoms with Crippen molar-refractivity contribution in [1.29, 1.82) is 0 Å². The smallest absolute Gasteiger partial charge is 0.126 e. The minimum atomic E-state index is -0.0131. The Hall–Kier alpha value is -2.01. The zero-order valence-electron chi connectivity index (χ0n) is 10.5. The van der Waals surface area contributed by atoms with Crippen LogP contribution in [0.5, 0.6) is 11.5 Å². The standard InChI is InChI=1S/C13H17N3O2/c1-17-9-3-4-10(12(7-9)18-2)11(8-14)13-15-5-6-16-13/h3-7,11H,8,14H2,1-2H3,(H,15,16). The quantitative estimate of drug-likeness (QED) is 0.840. The first-order valence-corrected chi connectivity index (χ1v) is 5.71. The molecular weight excluding hydrogens is 230 g/mol. The molecular formula is C13H17N3O2. The molecule has 1 unspecified atom stereocenters. The molecule has 1 heterocycles. The van der Waals surface area contributed by atoms with Crippen LogP contribution in [0, 0.1) is 0 Å². The molecule has 0 spiro atoms. The fraction of sp³-hybridized carbons (Fsp3) is 0.308. The summed E-state index contributed by atoms with van der Waals surface area (Å²) in [5, 5.41) is 0. The zero-order chi connectivity index (χ0) is 13.0. The second kappa shape index (κ2) is 5.55. The molecule has 0 aliphatic carbocycles. The lowest BCUT2D eigenvalue weighted by atomic mass is 9.97. The lowest BCUT2D eigenvalue weighted by Gasteiger charge is -2.17. The molecule has 0 radical (unpaired) electrons. The monoisotopic (exact) mass is 247 g/mol. The van der Waals surface area contributed by atoms with Crippen LogP contribution in [0.2, 0.25) is 0 Å². The second-order valence-corrected chi connectivity index (χ2v) is 3.87. The Kier molecular flexibility index (Phi) is 3.84. The molecule has 5 heteroatoms. The van der Waals surface area contributed by atoms with Crippen LogP contribution in [0.15, 0.2) is 30.6 Å². The van der Waals surface area contributed by atoms with Crippen molar-refractivity contribution in [2.45, 2.75) is 5.92 Å². The first kappa shape index (κ1) is 12.4. The van der Waals surface area contributed by atoms with E-state index in [0.29, 0.717) is 6.54 Å². The van der Waals surface area contributed by atoms with Crippen molar-refractivity contribution in [3.05, 3.63) is 42.0 Å². The number of nitrogens with zero attached hydrogens (tertiary/aromatic N) is 1. The van der Waals surface area contributed by atoms with Crippen molar-refractivity contribution in [1.82, 2.24) is 9.97 Å². The average Bonchev–Trinajstić information content (AvgIpc) is 2.94. The van der Waals surface area contributed by atoms with Gasteiger partial charge in [0, 0.05) is 30.6 Å². The first-order valence-electron chi connectivity index (χ1n) is 5.71. The van der Waals surface area contributed by atoms with Crippen molar-refractivity contribution in [2.75, 3.05) is 20.8 Å². The van der Waals surface area contributed by atoms with E-state index in [1.54, 1.807) is 26.6 Å². The van der Waals surface area contributed by atoms with Crippen LogP contribution in [0.3, 0.4) is 0 Å². The largest absolute Gasteiger partial charge is 0.497 e. The van der Waals surface area contributed by atoms with Crippen LogP contribution in [0.4, 0.5) is 0 Å². The third-order valence-corrected chi connectivity index (χ3v) is 2.90. The number of methoxy groups -OCH3 is 2. The van der Waals surface area contributed by atoms with E-state index >= 15 is 0 Å². The van der Waals surface area contributed by atoms with E-state index < -0.39 is 0 Å². The summed E-state index contributed by atoms with van der Waals surface area (Å²) in [6.07, 6.45) is 3.50. The molecule has 0 amide bonds. The predicted molar refractivity (Wildman–Crippen MR) is 69.0 cm³/mol. The summed E-state index contributed by atoms with van der Waals surface area (Å²) in [6.45, 7) is 0.455. The lowest BCUT2D eigenvalue weighted by molar-refractivity contribution is 0.389. The van der Waals surface area contributed by atoms with Gasteiger partial charge in [-0.05, 0) is 6.07 Å². The van der Waals surface area contributed by atoms with Gasteiger partial charge in [-0.25, -0.2) is 4.98 Å². The number of nitrogens with one attached hydrogen (secondary N) is 1. The molecule has 3 N–H and O–H groups in total. The summed E-state index contributed by atoms with van der Waals surface area (Å²) < 4.78 is 10.6. The van der Waals surface area contributed by atoms with Gasteiger partial charge in [0.05, 0.1) is 20.1 Å². The van der Waals surface area contributed by atoms with Gasteiger partial charge in [-0.15, -0.1) is 0 Å². The van der Waals surface area contributed by atoms with Gasteiger partial charge in [-0.3, -0.25) is 0 Å². The highest BCUT2D eigenvalue weighted by atomic mass is 16.5. The molecule has 1 aromatic carbocycles. The summed E-state index contributed by atoms with van der Waals surface area (Å²) >= 11 is 0. The number of ether oxygens (including phenoxy) is 2. The maximum atomic E-state index is 5.84. The maximum absolute atomic E-state index is 5.84. The van der Waals surface area contributed by atoms with E-state index in [4.69, 9.17) is 15.2 Å². The summed E-state index contributed by atoms with van der Waals surface area (Å²) in [7, 11) is 3.26. The Morgan fingerprint density at radius 3 is 2.72 bits per heavy atom. The molecule has 2 aromatic rings. The number of imidazole rings is 1. The van der Waals surface area contributed by atoms with Gasteiger partial charge in [-0.2, -0.15) is 0 Å². The van der Waals surface area contributed by atoms with E-state index in [0.717, 1.165) is 22.9 Å². The fourth-order valence-electron chi connectivity index (χ4n) is 1.96. The molecule has 18 heavy (non-hydrogen) atoms. The van der Waals surface area contributed by atoms with Gasteiger partial charge in [-0.1, -0.05) is 6.07 Å². The molecule has 0 aliphatic rings. The van der Waals surface area contributed by atoms with Gasteiger partial charge in [0.25, 0.3) is 0 Å². The second-order valence-electron chi connectivity index (χ2n) is 3.87. The highest BCUT2D eigenvalue weighted by Crippen LogP contribution is 2.32. The summed E-state index contributed by atoms with van der Waals surface area (Å²) in [6, 6.07) is 5.70. The molecule has 0 bridgehead atoms. The third kappa shape index (κ3) is 2.31. The van der Waals surface area contributed by atoms with Crippen LogP contribution in [0.1, 0.15) is 17.3 Å². The number of H-pyrrole nitrogens is 1. The third-order valence-electron chi connectivity index (χ3n) is 2.90. The highest BCUT2D eigenvalue weighted by Gasteiger charge is 2.19. The molecule has 0 saturated carbocycles. The molecule has 96 valence electrons. The van der Waals surface area contributed by atoms with Gasteiger partial charge < -0.3 is 20.2 Å². The summed E-state index contributed by atoms with van der Waals surface area (Å²) in [4.78, 5) is 7.35. The van der Waals surface area contributed by atoms with Crippen LogP contribution in [0.25, 0.3) is 0 Å². The van der Waals surface area contributed by atoms with Crippen molar-refractivity contribution in [3.63, 3.8) is 0 Å². The number of aromatic amines is 1. The topological polar surface area (TPSA) is 73.2 Å². The SMILES string of the molecule is COc1ccc(C(CN)c2ncc[nH]2)c(OC)c1. The molecule has 0 aliphatic heterocycles. The van der Waals surface area contributed by atoms with Crippen LogP contribution < -0.4 is 15.2 Å². The Morgan fingerprint density at radius 1 is 1.33 bits per heavy atom. The molecule has 1 atom stereocenters. The van der Waals surface area contributed by atoms with E-state index in [-0.39, 0.29) is 5.92 Å². The number of rotatable bonds is 5. The normalized spacial score (nSPS) is 12.2. The molecule has 0 saturated heterocycles. The highest BCUT2D eigenvalue weighted by molar-refractivity contribution is 5.44. The van der Waals surface area contributed by atoms with Gasteiger partial charge in [0.1, 0.15) is 17.3 Å². The molecule has 5 nitrogen and oxygen atoms in total. The summed E-state index contributed by atoms with van der Waals surface area (Å²) in [5.41, 5.74) is 6.84. The van der Waals surface area contributed by atoms with Crippen LogP contribution >= 0.6 is 0 Å². The Balaban J connectivity index is 2.42. The average molecular weight is 247 g/mol. The number of nitrogens with two attached hydrogens (primary N) is 1. The van der Waals surface area contributed by atoms with Gasteiger partial charge >= 0.3 is 0 Å². The minimum Gasteiger partial charge on any atom is -0.497 e. The minimum absolute atomic E-state index is 0.0131. The Morgan fingerprint density at radius 2 is 2.17 bits per heavy atom.